The molecule has 5 rings (SSSR count). The highest BCUT2D eigenvalue weighted by atomic mass is 31.0. The van der Waals surface area contributed by atoms with E-state index in [9.17, 15) is 0 Å². The van der Waals surface area contributed by atoms with Crippen LogP contribution < -0.4 is 5.32 Å². The minimum Gasteiger partial charge on any atom is -0.373 e. The summed E-state index contributed by atoms with van der Waals surface area (Å²) in [6, 6.07) is 41.6. The standard InChI is InChI=1S/C28H24N3P/c32-28(23-16-8-3-9-17-23)29-24-18-10-11-19-26(24)31-27(22-14-6-2-7-15-22)20-25(30-31)21-12-4-1-5-13-21/h1-20,28-29H,32H2. The van der Waals surface area contributed by atoms with E-state index < -0.39 is 0 Å². The Bertz CT molecular complexity index is 1300. The summed E-state index contributed by atoms with van der Waals surface area (Å²) < 4.78 is 2.04. The predicted molar refractivity (Wildman–Crippen MR) is 137 cm³/mol. The van der Waals surface area contributed by atoms with Gasteiger partial charge in [0.2, 0.25) is 0 Å². The second-order valence-electron chi connectivity index (χ2n) is 7.61. The van der Waals surface area contributed by atoms with Crippen molar-refractivity contribution in [2.75, 3.05) is 5.32 Å². The summed E-state index contributed by atoms with van der Waals surface area (Å²) in [5.41, 5.74) is 7.47. The van der Waals surface area contributed by atoms with Gasteiger partial charge in [-0.3, -0.25) is 0 Å². The van der Waals surface area contributed by atoms with E-state index >= 15 is 0 Å². The molecule has 32 heavy (non-hydrogen) atoms. The van der Waals surface area contributed by atoms with Crippen molar-refractivity contribution in [1.29, 1.82) is 0 Å². The van der Waals surface area contributed by atoms with Gasteiger partial charge in [-0.15, -0.1) is 9.24 Å². The number of para-hydroxylation sites is 2. The quantitative estimate of drug-likeness (QED) is 0.287. The van der Waals surface area contributed by atoms with Gasteiger partial charge in [-0.2, -0.15) is 5.10 Å². The van der Waals surface area contributed by atoms with E-state index in [1.165, 1.54) is 5.56 Å². The van der Waals surface area contributed by atoms with Crippen LogP contribution in [0.3, 0.4) is 0 Å². The fourth-order valence-corrected chi connectivity index (χ4v) is 4.22. The molecule has 0 aliphatic rings. The molecule has 3 nitrogen and oxygen atoms in total. The number of anilines is 1. The highest BCUT2D eigenvalue weighted by Crippen LogP contribution is 2.33. The van der Waals surface area contributed by atoms with Crippen molar-refractivity contribution in [2.45, 2.75) is 5.78 Å². The largest absolute Gasteiger partial charge is 0.373 e. The van der Waals surface area contributed by atoms with Gasteiger partial charge in [0.05, 0.1) is 28.5 Å². The van der Waals surface area contributed by atoms with Crippen LogP contribution in [0.1, 0.15) is 11.3 Å². The highest BCUT2D eigenvalue weighted by Gasteiger charge is 2.16. The summed E-state index contributed by atoms with van der Waals surface area (Å²) >= 11 is 0. The van der Waals surface area contributed by atoms with Gasteiger partial charge in [0.1, 0.15) is 0 Å². The lowest BCUT2D eigenvalue weighted by Crippen LogP contribution is -2.08. The number of nitrogens with zero attached hydrogens (tertiary/aromatic N) is 2. The summed E-state index contributed by atoms with van der Waals surface area (Å²) in [5, 5.41) is 8.69. The summed E-state index contributed by atoms with van der Waals surface area (Å²) in [6.45, 7) is 0. The Balaban J connectivity index is 1.61. The second-order valence-corrected chi connectivity index (χ2v) is 8.28. The normalized spacial score (nSPS) is 11.8. The predicted octanol–water partition coefficient (Wildman–Crippen LogP) is 7.19. The van der Waals surface area contributed by atoms with Crippen LogP contribution in [0.15, 0.2) is 121 Å². The van der Waals surface area contributed by atoms with Gasteiger partial charge < -0.3 is 5.32 Å². The maximum Gasteiger partial charge on any atom is 0.0934 e. The van der Waals surface area contributed by atoms with Crippen LogP contribution in [0.2, 0.25) is 0 Å². The molecule has 0 amide bonds. The third kappa shape index (κ3) is 4.21. The van der Waals surface area contributed by atoms with Crippen molar-refractivity contribution >= 4 is 14.9 Å². The molecule has 0 fully saturated rings. The number of hydrogen-bond donors (Lipinski definition) is 1. The van der Waals surface area contributed by atoms with Crippen molar-refractivity contribution in [3.63, 3.8) is 0 Å². The second kappa shape index (κ2) is 9.21. The van der Waals surface area contributed by atoms with Crippen LogP contribution in [-0.2, 0) is 0 Å². The molecule has 156 valence electrons. The molecule has 1 heterocycles. The van der Waals surface area contributed by atoms with Gasteiger partial charge in [0.15, 0.2) is 0 Å². The van der Waals surface area contributed by atoms with Gasteiger partial charge in [-0.05, 0) is 23.8 Å². The third-order valence-corrected chi connectivity index (χ3v) is 6.00. The van der Waals surface area contributed by atoms with E-state index in [4.69, 9.17) is 5.10 Å². The van der Waals surface area contributed by atoms with E-state index in [1.54, 1.807) is 0 Å². The maximum atomic E-state index is 5.04. The molecular formula is C28H24N3P. The molecular weight excluding hydrogens is 409 g/mol. The zero-order valence-electron chi connectivity index (χ0n) is 17.6. The van der Waals surface area contributed by atoms with E-state index in [-0.39, 0.29) is 5.78 Å². The first-order valence-electron chi connectivity index (χ1n) is 10.7. The smallest absolute Gasteiger partial charge is 0.0934 e. The van der Waals surface area contributed by atoms with Gasteiger partial charge in [0.25, 0.3) is 0 Å². The molecule has 1 aromatic heterocycles. The molecule has 4 heteroatoms. The summed E-state index contributed by atoms with van der Waals surface area (Å²) in [4.78, 5) is 0. The maximum absolute atomic E-state index is 5.04. The van der Waals surface area contributed by atoms with Crippen LogP contribution >= 0.6 is 9.24 Å². The molecule has 0 saturated heterocycles. The fourth-order valence-electron chi connectivity index (χ4n) is 3.82. The molecule has 1 N–H and O–H groups in total. The summed E-state index contributed by atoms with van der Waals surface area (Å²) in [7, 11) is 2.90. The Morgan fingerprint density at radius 1 is 0.656 bits per heavy atom. The lowest BCUT2D eigenvalue weighted by molar-refractivity contribution is 0.889. The zero-order chi connectivity index (χ0) is 21.8. The van der Waals surface area contributed by atoms with Crippen molar-refractivity contribution < 1.29 is 0 Å². The topological polar surface area (TPSA) is 29.9 Å². The Labute approximate surface area is 191 Å². The Kier molecular flexibility index (Phi) is 5.83. The molecule has 0 bridgehead atoms. The third-order valence-electron chi connectivity index (χ3n) is 5.45. The van der Waals surface area contributed by atoms with Crippen LogP contribution in [0, 0.1) is 0 Å². The van der Waals surface area contributed by atoms with Gasteiger partial charge >= 0.3 is 0 Å². The molecule has 0 aliphatic carbocycles. The van der Waals surface area contributed by atoms with E-state index in [2.05, 4.69) is 106 Å². The van der Waals surface area contributed by atoms with Gasteiger partial charge in [-0.25, -0.2) is 4.68 Å². The van der Waals surface area contributed by atoms with Crippen molar-refractivity contribution in [3.05, 3.63) is 127 Å². The number of benzene rings is 4. The van der Waals surface area contributed by atoms with E-state index in [0.717, 1.165) is 33.9 Å². The Morgan fingerprint density at radius 2 is 1.22 bits per heavy atom. The average molecular weight is 433 g/mol. The van der Waals surface area contributed by atoms with Crippen LogP contribution in [0.4, 0.5) is 5.69 Å². The van der Waals surface area contributed by atoms with Gasteiger partial charge in [-0.1, -0.05) is 103 Å². The first-order valence-corrected chi connectivity index (χ1v) is 11.3. The Hall–Kier alpha value is -3.68. The van der Waals surface area contributed by atoms with Crippen LogP contribution in [0.25, 0.3) is 28.2 Å². The first kappa shape index (κ1) is 20.2. The minimum absolute atomic E-state index is 0.0849. The molecule has 0 saturated carbocycles. The number of hydrogen-bond acceptors (Lipinski definition) is 2. The minimum atomic E-state index is 0.0849. The van der Waals surface area contributed by atoms with Gasteiger partial charge in [0, 0.05) is 11.1 Å². The SMILES string of the molecule is PC(Nc1ccccc1-n1nc(-c2ccccc2)cc1-c1ccccc1)c1ccccc1. The van der Waals surface area contributed by atoms with Crippen molar-refractivity contribution in [1.82, 2.24) is 9.78 Å². The molecule has 2 unspecified atom stereocenters. The summed E-state index contributed by atoms with van der Waals surface area (Å²) in [6.07, 6.45) is 0. The lowest BCUT2D eigenvalue weighted by atomic mass is 10.1. The molecule has 0 aliphatic heterocycles. The van der Waals surface area contributed by atoms with Crippen LogP contribution in [-0.4, -0.2) is 9.78 Å². The fraction of sp³-hybridized carbons (Fsp3) is 0.0357. The molecule has 0 radical (unpaired) electrons. The average Bonchev–Trinajstić information content (AvgIpc) is 3.31. The highest BCUT2D eigenvalue weighted by molar-refractivity contribution is 7.17. The molecule has 2 atom stereocenters. The molecule has 0 spiro atoms. The lowest BCUT2D eigenvalue weighted by Gasteiger charge is -2.19. The summed E-state index contributed by atoms with van der Waals surface area (Å²) in [5.74, 6) is 0.0849. The van der Waals surface area contributed by atoms with E-state index in [0.29, 0.717) is 0 Å². The molecule has 4 aromatic carbocycles. The monoisotopic (exact) mass is 433 g/mol. The van der Waals surface area contributed by atoms with Crippen molar-refractivity contribution in [2.24, 2.45) is 0 Å². The van der Waals surface area contributed by atoms with Crippen LogP contribution in [0.5, 0.6) is 0 Å². The zero-order valence-corrected chi connectivity index (χ0v) is 18.8. The number of aromatic nitrogens is 2. The van der Waals surface area contributed by atoms with Crippen molar-refractivity contribution in [3.8, 4) is 28.2 Å². The molecule has 5 aromatic rings. The first-order chi connectivity index (χ1) is 15.8. The van der Waals surface area contributed by atoms with E-state index in [1.807, 2.05) is 35.0 Å². The number of rotatable bonds is 6. The Morgan fingerprint density at radius 3 is 1.91 bits per heavy atom. The number of nitrogens with one attached hydrogen (secondary N) is 1.